The number of aromatic nitrogens is 4. The van der Waals surface area contributed by atoms with Crippen molar-refractivity contribution in [1.82, 2.24) is 20.4 Å². The van der Waals surface area contributed by atoms with E-state index in [2.05, 4.69) is 20.4 Å². The minimum Gasteiger partial charge on any atom is -0.420 e. The zero-order valence-corrected chi connectivity index (χ0v) is 13.6. The standard InChI is InChI=1S/C15H12N4O2S2/c1(6-12-16-18-14(20-12)10-4-2-8-22-10)7-13-17-19-15(21-13)11-5-3-9-23-11/h2-5,8-9H,1,6-7H2. The lowest BCUT2D eigenvalue weighted by Crippen LogP contribution is -1.90. The molecule has 0 aliphatic rings. The van der Waals surface area contributed by atoms with Crippen molar-refractivity contribution >= 4 is 22.7 Å². The first kappa shape index (κ1) is 14.3. The van der Waals surface area contributed by atoms with Gasteiger partial charge in [-0.15, -0.1) is 43.1 Å². The van der Waals surface area contributed by atoms with E-state index in [0.717, 1.165) is 16.2 Å². The predicted molar refractivity (Wildman–Crippen MR) is 87.2 cm³/mol. The van der Waals surface area contributed by atoms with E-state index in [-0.39, 0.29) is 0 Å². The quantitative estimate of drug-likeness (QED) is 0.524. The Morgan fingerprint density at radius 2 is 1.26 bits per heavy atom. The fraction of sp³-hybridized carbons (Fsp3) is 0.200. The zero-order chi connectivity index (χ0) is 15.5. The summed E-state index contributed by atoms with van der Waals surface area (Å²) in [5.74, 6) is 2.42. The molecule has 4 aromatic rings. The van der Waals surface area contributed by atoms with E-state index >= 15 is 0 Å². The van der Waals surface area contributed by atoms with E-state index < -0.39 is 0 Å². The molecule has 4 rings (SSSR count). The van der Waals surface area contributed by atoms with Gasteiger partial charge in [-0.2, -0.15) is 0 Å². The van der Waals surface area contributed by atoms with Gasteiger partial charge in [-0.3, -0.25) is 0 Å². The van der Waals surface area contributed by atoms with Gasteiger partial charge in [-0.1, -0.05) is 12.1 Å². The molecule has 0 aliphatic heterocycles. The summed E-state index contributed by atoms with van der Waals surface area (Å²) in [5, 5.41) is 20.3. The van der Waals surface area contributed by atoms with Crippen LogP contribution < -0.4 is 0 Å². The third kappa shape index (κ3) is 3.22. The minimum atomic E-state index is 0.577. The zero-order valence-electron chi connectivity index (χ0n) is 12.0. The highest BCUT2D eigenvalue weighted by Gasteiger charge is 2.11. The van der Waals surface area contributed by atoms with Crippen molar-refractivity contribution in [2.45, 2.75) is 19.3 Å². The topological polar surface area (TPSA) is 77.8 Å². The van der Waals surface area contributed by atoms with Gasteiger partial charge in [-0.05, 0) is 29.3 Å². The summed E-state index contributed by atoms with van der Waals surface area (Å²) in [6, 6.07) is 7.86. The van der Waals surface area contributed by atoms with Crippen LogP contribution in [0, 0.1) is 0 Å². The van der Waals surface area contributed by atoms with Crippen LogP contribution in [0.25, 0.3) is 21.5 Å². The minimum absolute atomic E-state index is 0.577. The molecule has 0 N–H and O–H groups in total. The summed E-state index contributed by atoms with van der Waals surface area (Å²) in [5.41, 5.74) is 0. The van der Waals surface area contributed by atoms with Crippen molar-refractivity contribution in [3.05, 3.63) is 46.8 Å². The van der Waals surface area contributed by atoms with Crippen LogP contribution in [0.3, 0.4) is 0 Å². The molecule has 6 nitrogen and oxygen atoms in total. The van der Waals surface area contributed by atoms with Gasteiger partial charge in [0.05, 0.1) is 9.75 Å². The second kappa shape index (κ2) is 6.43. The van der Waals surface area contributed by atoms with Gasteiger partial charge in [0.1, 0.15) is 0 Å². The highest BCUT2D eigenvalue weighted by atomic mass is 32.1. The van der Waals surface area contributed by atoms with Crippen LogP contribution >= 0.6 is 22.7 Å². The molecule has 0 aromatic carbocycles. The maximum Gasteiger partial charge on any atom is 0.257 e. The summed E-state index contributed by atoms with van der Waals surface area (Å²) in [4.78, 5) is 1.97. The van der Waals surface area contributed by atoms with E-state index in [1.165, 1.54) is 0 Å². The molecule has 8 heteroatoms. The van der Waals surface area contributed by atoms with Crippen LogP contribution in [-0.2, 0) is 12.8 Å². The first-order valence-corrected chi connectivity index (χ1v) is 8.87. The van der Waals surface area contributed by atoms with Crippen LogP contribution in [0.2, 0.25) is 0 Å². The Kier molecular flexibility index (Phi) is 3.99. The van der Waals surface area contributed by atoms with Crippen molar-refractivity contribution < 1.29 is 8.83 Å². The van der Waals surface area contributed by atoms with Crippen molar-refractivity contribution in [1.29, 1.82) is 0 Å². The second-order valence-electron chi connectivity index (χ2n) is 4.81. The van der Waals surface area contributed by atoms with E-state index in [0.29, 0.717) is 36.4 Å². The molecule has 4 heterocycles. The average Bonchev–Trinajstić information content (AvgIpc) is 3.33. The molecule has 0 unspecified atom stereocenters. The summed E-state index contributed by atoms with van der Waals surface area (Å²) < 4.78 is 11.3. The molecule has 0 saturated carbocycles. The van der Waals surface area contributed by atoms with Crippen LogP contribution in [-0.4, -0.2) is 20.4 Å². The van der Waals surface area contributed by atoms with Crippen LogP contribution in [0.1, 0.15) is 18.2 Å². The summed E-state index contributed by atoms with van der Waals surface area (Å²) >= 11 is 3.17. The van der Waals surface area contributed by atoms with E-state index in [4.69, 9.17) is 8.83 Å². The Bertz CT molecular complexity index is 793. The molecule has 116 valence electrons. The van der Waals surface area contributed by atoms with Gasteiger partial charge in [0.25, 0.3) is 11.8 Å². The number of thiophene rings is 2. The van der Waals surface area contributed by atoms with Gasteiger partial charge in [0.15, 0.2) is 0 Å². The van der Waals surface area contributed by atoms with E-state index in [1.807, 2.05) is 35.0 Å². The largest absolute Gasteiger partial charge is 0.420 e. The Hall–Kier alpha value is -2.32. The molecule has 0 bridgehead atoms. The highest BCUT2D eigenvalue weighted by molar-refractivity contribution is 7.13. The van der Waals surface area contributed by atoms with Crippen molar-refractivity contribution in [2.24, 2.45) is 0 Å². The molecule has 4 aromatic heterocycles. The lowest BCUT2D eigenvalue weighted by atomic mass is 10.2. The van der Waals surface area contributed by atoms with Crippen LogP contribution in [0.4, 0.5) is 0 Å². The molecule has 23 heavy (non-hydrogen) atoms. The molecular formula is C15H12N4O2S2. The maximum atomic E-state index is 5.65. The van der Waals surface area contributed by atoms with Gasteiger partial charge >= 0.3 is 0 Å². The molecule has 0 saturated heterocycles. The lowest BCUT2D eigenvalue weighted by Gasteiger charge is -1.93. The number of aryl methyl sites for hydroxylation is 2. The van der Waals surface area contributed by atoms with Gasteiger partial charge in [0, 0.05) is 12.8 Å². The third-order valence-electron chi connectivity index (χ3n) is 3.18. The number of hydrogen-bond donors (Lipinski definition) is 0. The van der Waals surface area contributed by atoms with Gasteiger partial charge < -0.3 is 8.83 Å². The van der Waals surface area contributed by atoms with Crippen molar-refractivity contribution in [2.75, 3.05) is 0 Å². The normalized spacial score (nSPS) is 11.1. The first-order valence-electron chi connectivity index (χ1n) is 7.11. The third-order valence-corrected chi connectivity index (χ3v) is 4.89. The smallest absolute Gasteiger partial charge is 0.257 e. The van der Waals surface area contributed by atoms with Crippen LogP contribution in [0.15, 0.2) is 43.9 Å². The van der Waals surface area contributed by atoms with Crippen LogP contribution in [0.5, 0.6) is 0 Å². The Labute approximate surface area is 139 Å². The van der Waals surface area contributed by atoms with E-state index in [1.54, 1.807) is 22.7 Å². The molecule has 0 radical (unpaired) electrons. The van der Waals surface area contributed by atoms with Crippen molar-refractivity contribution in [3.8, 4) is 21.5 Å². The highest BCUT2D eigenvalue weighted by Crippen LogP contribution is 2.24. The Balaban J connectivity index is 1.34. The first-order chi connectivity index (χ1) is 11.4. The molecule has 0 amide bonds. The molecule has 0 spiro atoms. The summed E-state index contributed by atoms with van der Waals surface area (Å²) in [6.07, 6.45) is 2.20. The molecule has 0 fully saturated rings. The molecule has 0 aliphatic carbocycles. The van der Waals surface area contributed by atoms with E-state index in [9.17, 15) is 0 Å². The fourth-order valence-corrected chi connectivity index (χ4v) is 3.39. The SMILES string of the molecule is c1csc(-c2nnc(CCCc3nnc(-c4cccs4)o3)o2)c1. The maximum absolute atomic E-state index is 5.65. The summed E-state index contributed by atoms with van der Waals surface area (Å²) in [6.45, 7) is 0. The molecular weight excluding hydrogens is 332 g/mol. The number of hydrogen-bond acceptors (Lipinski definition) is 8. The van der Waals surface area contributed by atoms with Gasteiger partial charge in [-0.25, -0.2) is 0 Å². The second-order valence-corrected chi connectivity index (χ2v) is 6.71. The fourth-order valence-electron chi connectivity index (χ4n) is 2.10. The van der Waals surface area contributed by atoms with Crippen molar-refractivity contribution in [3.63, 3.8) is 0 Å². The monoisotopic (exact) mass is 344 g/mol. The van der Waals surface area contributed by atoms with Gasteiger partial charge in [0.2, 0.25) is 11.8 Å². The predicted octanol–water partition coefficient (Wildman–Crippen LogP) is 4.08. The number of rotatable bonds is 6. The molecule has 0 atom stereocenters. The summed E-state index contributed by atoms with van der Waals surface area (Å²) in [7, 11) is 0. The Morgan fingerprint density at radius 1 is 0.739 bits per heavy atom. The number of nitrogens with zero attached hydrogens (tertiary/aromatic N) is 4. The Morgan fingerprint density at radius 3 is 1.70 bits per heavy atom. The lowest BCUT2D eigenvalue weighted by molar-refractivity contribution is 0.471. The average molecular weight is 344 g/mol.